The van der Waals surface area contributed by atoms with Gasteiger partial charge in [0.15, 0.2) is 0 Å². The number of hydrogen-bond acceptors (Lipinski definition) is 10. The molecule has 12 heteroatoms. The highest BCUT2D eigenvalue weighted by Gasteiger charge is 2.36. The zero-order chi connectivity index (χ0) is 24.1. The van der Waals surface area contributed by atoms with Gasteiger partial charge in [0.25, 0.3) is 0 Å². The van der Waals surface area contributed by atoms with Crippen LogP contribution >= 0.6 is 0 Å². The number of nitrogens with zero attached hydrogens (tertiary/aromatic N) is 6. The predicted molar refractivity (Wildman–Crippen MR) is 126 cm³/mol. The number of carbonyl (C=O) groups excluding carboxylic acids is 1. The van der Waals surface area contributed by atoms with Crippen molar-refractivity contribution in [1.29, 1.82) is 0 Å². The lowest BCUT2D eigenvalue weighted by molar-refractivity contribution is 0.0394. The lowest BCUT2D eigenvalue weighted by Gasteiger charge is -2.41. The van der Waals surface area contributed by atoms with Gasteiger partial charge in [0.1, 0.15) is 6.10 Å². The van der Waals surface area contributed by atoms with Crippen LogP contribution in [0.5, 0.6) is 5.88 Å². The molecule has 2 amide bonds. The Balaban J connectivity index is 1.43. The van der Waals surface area contributed by atoms with Gasteiger partial charge in [-0.2, -0.15) is 4.98 Å². The molecule has 2 fully saturated rings. The van der Waals surface area contributed by atoms with Crippen LogP contribution < -0.4 is 20.7 Å². The van der Waals surface area contributed by atoms with Crippen molar-refractivity contribution in [3.8, 4) is 17.1 Å². The number of carbonyl (C=O) groups is 1. The number of nitrogens with one attached hydrogen (secondary N) is 1. The first kappa shape index (κ1) is 23.9. The molecule has 2 aromatic heterocycles. The zero-order valence-corrected chi connectivity index (χ0v) is 19.8. The number of anilines is 2. The molecule has 3 N–H and O–H groups in total. The largest absolute Gasteiger partial charge is 0.474 e. The quantitative estimate of drug-likeness (QED) is 0.570. The van der Waals surface area contributed by atoms with E-state index < -0.39 is 0 Å². The van der Waals surface area contributed by atoms with Gasteiger partial charge in [0, 0.05) is 70.2 Å². The van der Waals surface area contributed by atoms with Gasteiger partial charge in [-0.05, 0) is 6.92 Å². The monoisotopic (exact) mass is 472 g/mol. The van der Waals surface area contributed by atoms with Crippen molar-refractivity contribution in [1.82, 2.24) is 30.2 Å². The van der Waals surface area contributed by atoms with Gasteiger partial charge in [-0.25, -0.2) is 19.7 Å². The molecule has 1 aliphatic carbocycles. The van der Waals surface area contributed by atoms with E-state index in [1.807, 2.05) is 6.92 Å². The predicted octanol–water partition coefficient (Wildman–Crippen LogP) is 0.939. The molecule has 1 aliphatic heterocycles. The third-order valence-corrected chi connectivity index (χ3v) is 5.96. The van der Waals surface area contributed by atoms with Crippen LogP contribution in [0.15, 0.2) is 18.5 Å². The smallest absolute Gasteiger partial charge is 0.317 e. The molecule has 0 radical (unpaired) electrons. The molecule has 0 spiro atoms. The third-order valence-electron chi connectivity index (χ3n) is 5.96. The maximum absolute atomic E-state index is 12.4. The number of methoxy groups -OCH3 is 1. The summed E-state index contributed by atoms with van der Waals surface area (Å²) >= 11 is 0. The maximum atomic E-state index is 12.4. The minimum absolute atomic E-state index is 0.0420. The fourth-order valence-corrected chi connectivity index (χ4v) is 3.89. The van der Waals surface area contributed by atoms with Crippen molar-refractivity contribution < 1.29 is 19.0 Å². The molecule has 184 valence electrons. The molecule has 1 atom stereocenters. The Hall–Kier alpha value is -3.25. The van der Waals surface area contributed by atoms with Crippen LogP contribution in [0.1, 0.15) is 19.8 Å². The first-order valence-corrected chi connectivity index (χ1v) is 11.4. The Morgan fingerprint density at radius 3 is 2.68 bits per heavy atom. The van der Waals surface area contributed by atoms with Gasteiger partial charge < -0.3 is 35.1 Å². The molecule has 2 aromatic rings. The number of aromatic nitrogens is 4. The van der Waals surface area contributed by atoms with Crippen LogP contribution in [-0.2, 0) is 9.47 Å². The fraction of sp³-hybridized carbons (Fsp3) is 0.591. The number of amides is 2. The molecule has 2 aliphatic rings. The van der Waals surface area contributed by atoms with Crippen LogP contribution in [0.4, 0.5) is 16.7 Å². The molecule has 0 bridgehead atoms. The summed E-state index contributed by atoms with van der Waals surface area (Å²) < 4.78 is 16.7. The first-order valence-electron chi connectivity index (χ1n) is 11.4. The number of ether oxygens (including phenoxy) is 3. The molecule has 34 heavy (non-hydrogen) atoms. The molecule has 1 saturated carbocycles. The van der Waals surface area contributed by atoms with E-state index in [9.17, 15) is 4.79 Å². The van der Waals surface area contributed by atoms with Gasteiger partial charge in [-0.1, -0.05) is 0 Å². The van der Waals surface area contributed by atoms with E-state index in [-0.39, 0.29) is 30.2 Å². The van der Waals surface area contributed by atoms with Crippen molar-refractivity contribution in [2.75, 3.05) is 57.7 Å². The molecule has 1 saturated heterocycles. The van der Waals surface area contributed by atoms with E-state index in [2.05, 4.69) is 25.2 Å². The van der Waals surface area contributed by atoms with Crippen LogP contribution in [-0.4, -0.2) is 96.1 Å². The Morgan fingerprint density at radius 1 is 1.29 bits per heavy atom. The Labute approximate surface area is 198 Å². The Morgan fingerprint density at radius 2 is 2.00 bits per heavy atom. The molecule has 3 heterocycles. The van der Waals surface area contributed by atoms with E-state index in [0.29, 0.717) is 50.4 Å². The van der Waals surface area contributed by atoms with Gasteiger partial charge >= 0.3 is 6.03 Å². The van der Waals surface area contributed by atoms with Crippen LogP contribution in [0.3, 0.4) is 0 Å². The summed E-state index contributed by atoms with van der Waals surface area (Å²) in [5.74, 6) is 1.26. The summed E-state index contributed by atoms with van der Waals surface area (Å²) in [5.41, 5.74) is 7.02. The number of hydrogen-bond donors (Lipinski definition) is 2. The molecule has 12 nitrogen and oxygen atoms in total. The van der Waals surface area contributed by atoms with E-state index in [1.54, 1.807) is 37.5 Å². The number of urea groups is 1. The Bertz CT molecular complexity index is 964. The minimum Gasteiger partial charge on any atom is -0.474 e. The molecule has 0 aromatic carbocycles. The van der Waals surface area contributed by atoms with Crippen LogP contribution in [0, 0.1) is 0 Å². The van der Waals surface area contributed by atoms with Gasteiger partial charge in [-0.3, -0.25) is 0 Å². The second-order valence-electron chi connectivity index (χ2n) is 8.60. The van der Waals surface area contributed by atoms with Crippen molar-refractivity contribution in [3.05, 3.63) is 18.5 Å². The van der Waals surface area contributed by atoms with E-state index in [4.69, 9.17) is 24.9 Å². The number of morpholine rings is 1. The molecule has 4 rings (SSSR count). The van der Waals surface area contributed by atoms with Crippen molar-refractivity contribution >= 4 is 17.9 Å². The van der Waals surface area contributed by atoms with Gasteiger partial charge in [0.2, 0.25) is 17.8 Å². The highest BCUT2D eigenvalue weighted by molar-refractivity contribution is 5.74. The van der Waals surface area contributed by atoms with Crippen LogP contribution in [0.25, 0.3) is 11.3 Å². The highest BCUT2D eigenvalue weighted by Crippen LogP contribution is 2.31. The first-order chi connectivity index (χ1) is 16.4. The molecular weight excluding hydrogens is 440 g/mol. The van der Waals surface area contributed by atoms with Crippen LogP contribution in [0.2, 0.25) is 0 Å². The normalized spacial score (nSPS) is 20.9. The number of rotatable bonds is 8. The average molecular weight is 473 g/mol. The molecule has 0 unspecified atom stereocenters. The lowest BCUT2D eigenvalue weighted by Crippen LogP contribution is -2.54. The second-order valence-corrected chi connectivity index (χ2v) is 8.60. The molecular formula is C22H32N8O4. The Kier molecular flexibility index (Phi) is 7.58. The average Bonchev–Trinajstić information content (AvgIpc) is 2.81. The SMILES string of the molecule is COC[C@@H](C)NC(=O)N(C)[C@H]1C[C@H](Oc2cc(-c3cnc(N)nc3)nc(N3CCOCC3)n2)C1. The van der Waals surface area contributed by atoms with E-state index >= 15 is 0 Å². The minimum atomic E-state index is -0.115. The summed E-state index contributed by atoms with van der Waals surface area (Å²) in [6.45, 7) is 5.03. The van der Waals surface area contributed by atoms with Crippen molar-refractivity contribution in [2.24, 2.45) is 0 Å². The lowest BCUT2D eigenvalue weighted by atomic mass is 9.88. The second kappa shape index (κ2) is 10.8. The maximum Gasteiger partial charge on any atom is 0.317 e. The number of nitrogen functional groups attached to an aromatic ring is 1. The topological polar surface area (TPSA) is 141 Å². The summed E-state index contributed by atoms with van der Waals surface area (Å²) in [5, 5.41) is 2.93. The van der Waals surface area contributed by atoms with E-state index in [1.165, 1.54) is 0 Å². The van der Waals surface area contributed by atoms with Crippen molar-refractivity contribution in [2.45, 2.75) is 38.0 Å². The fourth-order valence-electron chi connectivity index (χ4n) is 3.89. The van der Waals surface area contributed by atoms with Gasteiger partial charge in [0.05, 0.1) is 31.6 Å². The van der Waals surface area contributed by atoms with E-state index in [0.717, 1.165) is 18.4 Å². The summed E-state index contributed by atoms with van der Waals surface area (Å²) in [4.78, 5) is 33.7. The van der Waals surface area contributed by atoms with Gasteiger partial charge in [-0.15, -0.1) is 0 Å². The third kappa shape index (κ3) is 5.81. The standard InChI is InChI=1S/C22H32N8O4/c1-14(13-32-3)26-22(31)29(2)16-8-17(9-16)34-19-10-18(15-11-24-20(23)25-12-15)27-21(28-19)30-4-6-33-7-5-30/h10-12,14,16-17H,4-9,13H2,1-3H3,(H,26,31)(H2,23,24,25)/t14-,16-,17-/m1/s1. The summed E-state index contributed by atoms with van der Waals surface area (Å²) in [6, 6.07) is 1.72. The highest BCUT2D eigenvalue weighted by atomic mass is 16.5. The summed E-state index contributed by atoms with van der Waals surface area (Å²) in [7, 11) is 3.42. The zero-order valence-electron chi connectivity index (χ0n) is 19.8. The number of nitrogens with two attached hydrogens (primary N) is 1. The van der Waals surface area contributed by atoms with Crippen molar-refractivity contribution in [3.63, 3.8) is 0 Å². The summed E-state index contributed by atoms with van der Waals surface area (Å²) in [6.07, 6.45) is 4.67.